The third-order valence-corrected chi connectivity index (χ3v) is 2.17. The van der Waals surface area contributed by atoms with Gasteiger partial charge in [-0.25, -0.2) is 0 Å². The number of nitrogens with zero attached hydrogens (tertiary/aromatic N) is 1. The fraction of sp³-hybridized carbons (Fsp3) is 0.875. The smallest absolute Gasteiger partial charge is 0.219 e. The van der Waals surface area contributed by atoms with Gasteiger partial charge in [-0.15, -0.1) is 0 Å². The van der Waals surface area contributed by atoms with Crippen molar-refractivity contribution in [3.63, 3.8) is 0 Å². The highest BCUT2D eigenvalue weighted by atomic mass is 16.2. The van der Waals surface area contributed by atoms with E-state index in [0.717, 1.165) is 13.1 Å². The van der Waals surface area contributed by atoms with Gasteiger partial charge in [0, 0.05) is 32.1 Å². The second-order valence-electron chi connectivity index (χ2n) is 3.33. The molecule has 1 aliphatic heterocycles. The number of nitrogens with one attached hydrogen (secondary N) is 1. The van der Waals surface area contributed by atoms with Crippen molar-refractivity contribution in [1.29, 1.82) is 0 Å². The molecule has 3 nitrogen and oxygen atoms in total. The third-order valence-electron chi connectivity index (χ3n) is 2.17. The Hall–Kier alpha value is -0.570. The molecule has 0 aliphatic carbocycles. The molecular weight excluding hydrogens is 140 g/mol. The van der Waals surface area contributed by atoms with E-state index in [1.54, 1.807) is 6.92 Å². The Morgan fingerprint density at radius 2 is 2.18 bits per heavy atom. The lowest BCUT2D eigenvalue weighted by Crippen LogP contribution is -2.55. The number of piperazine rings is 1. The molecule has 3 heteroatoms. The van der Waals surface area contributed by atoms with Crippen LogP contribution in [0.1, 0.15) is 20.8 Å². The Balaban J connectivity index is 2.54. The first-order valence-electron chi connectivity index (χ1n) is 4.12. The van der Waals surface area contributed by atoms with E-state index in [9.17, 15) is 4.79 Å². The second kappa shape index (κ2) is 3.22. The summed E-state index contributed by atoms with van der Waals surface area (Å²) >= 11 is 0. The molecule has 1 heterocycles. The summed E-state index contributed by atoms with van der Waals surface area (Å²) < 4.78 is 0. The zero-order valence-electron chi connectivity index (χ0n) is 7.42. The van der Waals surface area contributed by atoms with Crippen LogP contribution >= 0.6 is 0 Å². The Labute approximate surface area is 67.8 Å². The van der Waals surface area contributed by atoms with Gasteiger partial charge < -0.3 is 10.2 Å². The first-order chi connectivity index (χ1) is 5.11. The summed E-state index contributed by atoms with van der Waals surface area (Å²) in [5, 5.41) is 3.32. The SMILES string of the molecule is CC(=O)N1C[C@@H](C)NC[C@@H]1C. The van der Waals surface area contributed by atoms with Gasteiger partial charge in [-0.3, -0.25) is 4.79 Å². The topological polar surface area (TPSA) is 32.3 Å². The van der Waals surface area contributed by atoms with Gasteiger partial charge in [-0.1, -0.05) is 0 Å². The molecule has 1 rings (SSSR count). The summed E-state index contributed by atoms with van der Waals surface area (Å²) in [6.07, 6.45) is 0. The molecule has 0 unspecified atom stereocenters. The Bertz CT molecular complexity index is 158. The molecule has 0 spiro atoms. The van der Waals surface area contributed by atoms with Gasteiger partial charge in [0.15, 0.2) is 0 Å². The molecule has 0 bridgehead atoms. The number of carbonyl (C=O) groups excluding carboxylic acids is 1. The van der Waals surface area contributed by atoms with Crippen molar-refractivity contribution in [3.8, 4) is 0 Å². The van der Waals surface area contributed by atoms with E-state index in [4.69, 9.17) is 0 Å². The van der Waals surface area contributed by atoms with Gasteiger partial charge in [0.05, 0.1) is 0 Å². The minimum Gasteiger partial charge on any atom is -0.337 e. The van der Waals surface area contributed by atoms with Crippen molar-refractivity contribution in [2.75, 3.05) is 13.1 Å². The standard InChI is InChI=1S/C8H16N2O/c1-6-5-10(8(3)11)7(2)4-9-6/h6-7,9H,4-5H2,1-3H3/t6-,7+/m1/s1. The summed E-state index contributed by atoms with van der Waals surface area (Å²) in [5.41, 5.74) is 0. The van der Waals surface area contributed by atoms with Crippen LogP contribution < -0.4 is 5.32 Å². The molecule has 64 valence electrons. The average molecular weight is 156 g/mol. The molecular formula is C8H16N2O. The van der Waals surface area contributed by atoms with E-state index in [-0.39, 0.29) is 5.91 Å². The molecule has 0 radical (unpaired) electrons. The zero-order valence-corrected chi connectivity index (χ0v) is 7.42. The lowest BCUT2D eigenvalue weighted by atomic mass is 10.1. The molecule has 1 fully saturated rings. The first kappa shape index (κ1) is 8.53. The van der Waals surface area contributed by atoms with Crippen LogP contribution in [0.25, 0.3) is 0 Å². The Kier molecular flexibility index (Phi) is 2.49. The van der Waals surface area contributed by atoms with Gasteiger partial charge in [-0.05, 0) is 13.8 Å². The lowest BCUT2D eigenvalue weighted by Gasteiger charge is -2.36. The molecule has 0 saturated carbocycles. The number of hydrogen-bond donors (Lipinski definition) is 1. The van der Waals surface area contributed by atoms with Gasteiger partial charge >= 0.3 is 0 Å². The van der Waals surface area contributed by atoms with Crippen molar-refractivity contribution in [1.82, 2.24) is 10.2 Å². The number of rotatable bonds is 0. The molecule has 1 amide bonds. The van der Waals surface area contributed by atoms with Crippen molar-refractivity contribution in [2.24, 2.45) is 0 Å². The van der Waals surface area contributed by atoms with Crippen LogP contribution in [0, 0.1) is 0 Å². The van der Waals surface area contributed by atoms with Crippen molar-refractivity contribution >= 4 is 5.91 Å². The average Bonchev–Trinajstić information content (AvgIpc) is 1.94. The van der Waals surface area contributed by atoms with Crippen LogP contribution in [0.4, 0.5) is 0 Å². The van der Waals surface area contributed by atoms with Gasteiger partial charge in [-0.2, -0.15) is 0 Å². The summed E-state index contributed by atoms with van der Waals surface area (Å²) in [6, 6.07) is 0.791. The zero-order chi connectivity index (χ0) is 8.43. The maximum absolute atomic E-state index is 11.1. The van der Waals surface area contributed by atoms with Crippen molar-refractivity contribution in [2.45, 2.75) is 32.9 Å². The van der Waals surface area contributed by atoms with Gasteiger partial charge in [0.25, 0.3) is 0 Å². The molecule has 1 saturated heterocycles. The summed E-state index contributed by atoms with van der Waals surface area (Å²) in [5.74, 6) is 0.186. The Morgan fingerprint density at radius 3 is 2.64 bits per heavy atom. The van der Waals surface area contributed by atoms with Crippen LogP contribution in [-0.2, 0) is 4.79 Å². The summed E-state index contributed by atoms with van der Waals surface area (Å²) in [7, 11) is 0. The Morgan fingerprint density at radius 1 is 1.55 bits per heavy atom. The van der Waals surface area contributed by atoms with Gasteiger partial charge in [0.1, 0.15) is 0 Å². The summed E-state index contributed by atoms with van der Waals surface area (Å²) in [4.78, 5) is 13.0. The van der Waals surface area contributed by atoms with Crippen molar-refractivity contribution in [3.05, 3.63) is 0 Å². The van der Waals surface area contributed by atoms with Crippen molar-refractivity contribution < 1.29 is 4.79 Å². The van der Waals surface area contributed by atoms with Crippen LogP contribution in [-0.4, -0.2) is 36.0 Å². The van der Waals surface area contributed by atoms with E-state index in [2.05, 4.69) is 19.2 Å². The number of hydrogen-bond acceptors (Lipinski definition) is 2. The maximum Gasteiger partial charge on any atom is 0.219 e. The molecule has 1 aliphatic rings. The predicted molar refractivity (Wildman–Crippen MR) is 44.3 cm³/mol. The minimum atomic E-state index is 0.186. The molecule has 0 aromatic heterocycles. The predicted octanol–water partition coefficient (Wildman–Crippen LogP) is 0.215. The lowest BCUT2D eigenvalue weighted by molar-refractivity contribution is -0.132. The fourth-order valence-corrected chi connectivity index (χ4v) is 1.46. The van der Waals surface area contributed by atoms with Crippen LogP contribution in [0.3, 0.4) is 0 Å². The molecule has 0 aromatic carbocycles. The molecule has 11 heavy (non-hydrogen) atoms. The first-order valence-corrected chi connectivity index (χ1v) is 4.12. The molecule has 2 atom stereocenters. The van der Waals surface area contributed by atoms with E-state index >= 15 is 0 Å². The largest absolute Gasteiger partial charge is 0.337 e. The molecule has 1 N–H and O–H groups in total. The van der Waals surface area contributed by atoms with Crippen LogP contribution in [0.15, 0.2) is 0 Å². The van der Waals surface area contributed by atoms with Crippen LogP contribution in [0.5, 0.6) is 0 Å². The monoisotopic (exact) mass is 156 g/mol. The number of amides is 1. The quantitative estimate of drug-likeness (QED) is 0.544. The summed E-state index contributed by atoms with van der Waals surface area (Å²) in [6.45, 7) is 7.56. The highest BCUT2D eigenvalue weighted by Crippen LogP contribution is 2.05. The van der Waals surface area contributed by atoms with E-state index in [1.165, 1.54) is 0 Å². The molecule has 0 aromatic rings. The third kappa shape index (κ3) is 1.93. The van der Waals surface area contributed by atoms with E-state index in [1.807, 2.05) is 4.90 Å². The normalized spacial score (nSPS) is 32.1. The van der Waals surface area contributed by atoms with E-state index < -0.39 is 0 Å². The van der Waals surface area contributed by atoms with Crippen LogP contribution in [0.2, 0.25) is 0 Å². The maximum atomic E-state index is 11.1. The highest BCUT2D eigenvalue weighted by molar-refractivity contribution is 5.73. The van der Waals surface area contributed by atoms with Gasteiger partial charge in [0.2, 0.25) is 5.91 Å². The minimum absolute atomic E-state index is 0.186. The second-order valence-corrected chi connectivity index (χ2v) is 3.33. The fourth-order valence-electron chi connectivity index (χ4n) is 1.46. The highest BCUT2D eigenvalue weighted by Gasteiger charge is 2.23. The van der Waals surface area contributed by atoms with E-state index in [0.29, 0.717) is 12.1 Å². The number of carbonyl (C=O) groups is 1.